The highest BCUT2D eigenvalue weighted by Crippen LogP contribution is 2.18. The second-order valence-electron chi connectivity index (χ2n) is 2.76. The number of carboxylic acid groups (broad SMARTS) is 1. The van der Waals surface area contributed by atoms with Crippen LogP contribution < -0.4 is 5.32 Å². The third-order valence-electron chi connectivity index (χ3n) is 1.49. The van der Waals surface area contributed by atoms with Gasteiger partial charge in [0.1, 0.15) is 6.54 Å². The first-order chi connectivity index (χ1) is 6.08. The van der Waals surface area contributed by atoms with E-state index in [0.717, 1.165) is 15.7 Å². The predicted molar refractivity (Wildman–Crippen MR) is 55.0 cm³/mol. The Kier molecular flexibility index (Phi) is 3.31. The monoisotopic (exact) mass is 243 g/mol. The van der Waals surface area contributed by atoms with Gasteiger partial charge in [0.05, 0.1) is 0 Å². The lowest BCUT2D eigenvalue weighted by atomic mass is 10.2. The van der Waals surface area contributed by atoms with Crippen LogP contribution in [0.3, 0.4) is 0 Å². The SMILES string of the molecule is Cc1cc(Br)cc(NCC(=O)O)c1. The van der Waals surface area contributed by atoms with Crippen LogP contribution in [0.4, 0.5) is 5.69 Å². The molecule has 0 aliphatic carbocycles. The van der Waals surface area contributed by atoms with Gasteiger partial charge in [-0.2, -0.15) is 0 Å². The van der Waals surface area contributed by atoms with Crippen molar-refractivity contribution in [3.63, 3.8) is 0 Å². The predicted octanol–water partition coefficient (Wildman–Crippen LogP) is 2.25. The van der Waals surface area contributed by atoms with E-state index in [-0.39, 0.29) is 6.54 Å². The summed E-state index contributed by atoms with van der Waals surface area (Å²) in [4.78, 5) is 10.3. The van der Waals surface area contributed by atoms with Gasteiger partial charge in [0.25, 0.3) is 0 Å². The minimum absolute atomic E-state index is 0.0596. The highest BCUT2D eigenvalue weighted by Gasteiger charge is 1.98. The Hall–Kier alpha value is -1.03. The van der Waals surface area contributed by atoms with E-state index in [0.29, 0.717) is 0 Å². The van der Waals surface area contributed by atoms with Gasteiger partial charge in [0, 0.05) is 10.2 Å². The fourth-order valence-corrected chi connectivity index (χ4v) is 1.62. The zero-order chi connectivity index (χ0) is 9.84. The topological polar surface area (TPSA) is 49.3 Å². The summed E-state index contributed by atoms with van der Waals surface area (Å²) < 4.78 is 0.945. The molecular formula is C9H10BrNO2. The van der Waals surface area contributed by atoms with Crippen LogP contribution in [0.2, 0.25) is 0 Å². The molecule has 0 aromatic heterocycles. The van der Waals surface area contributed by atoms with Crippen LogP contribution in [0, 0.1) is 6.92 Å². The summed E-state index contributed by atoms with van der Waals surface area (Å²) in [6, 6.07) is 5.70. The lowest BCUT2D eigenvalue weighted by molar-refractivity contribution is -0.134. The molecule has 0 amide bonds. The second kappa shape index (κ2) is 4.28. The number of halogens is 1. The average molecular weight is 244 g/mol. The van der Waals surface area contributed by atoms with E-state index in [4.69, 9.17) is 5.11 Å². The van der Waals surface area contributed by atoms with Gasteiger partial charge in [-0.15, -0.1) is 0 Å². The molecule has 0 unspecified atom stereocenters. The highest BCUT2D eigenvalue weighted by atomic mass is 79.9. The molecule has 0 aliphatic rings. The van der Waals surface area contributed by atoms with Gasteiger partial charge in [-0.05, 0) is 30.7 Å². The lowest BCUT2D eigenvalue weighted by Gasteiger charge is -2.04. The molecule has 13 heavy (non-hydrogen) atoms. The molecule has 2 N–H and O–H groups in total. The first-order valence-corrected chi connectivity index (χ1v) is 4.60. The molecule has 1 aromatic carbocycles. The Morgan fingerprint density at radius 3 is 2.77 bits per heavy atom. The number of benzene rings is 1. The Balaban J connectivity index is 2.71. The molecule has 1 rings (SSSR count). The molecule has 0 fully saturated rings. The van der Waals surface area contributed by atoms with E-state index in [1.165, 1.54) is 0 Å². The van der Waals surface area contributed by atoms with Crippen molar-refractivity contribution in [2.45, 2.75) is 6.92 Å². The number of aliphatic carboxylic acids is 1. The molecule has 3 nitrogen and oxygen atoms in total. The Bertz CT molecular complexity index is 305. The zero-order valence-corrected chi connectivity index (χ0v) is 8.76. The maximum Gasteiger partial charge on any atom is 0.322 e. The van der Waals surface area contributed by atoms with Crippen molar-refractivity contribution in [1.29, 1.82) is 0 Å². The average Bonchev–Trinajstić information content (AvgIpc) is 1.99. The standard InChI is InChI=1S/C9H10BrNO2/c1-6-2-7(10)4-8(3-6)11-5-9(12)13/h2-4,11H,5H2,1H3,(H,12,13). The number of carbonyl (C=O) groups is 1. The van der Waals surface area contributed by atoms with E-state index < -0.39 is 5.97 Å². The Labute approximate surface area is 84.9 Å². The third kappa shape index (κ3) is 3.46. The van der Waals surface area contributed by atoms with Crippen LogP contribution >= 0.6 is 15.9 Å². The van der Waals surface area contributed by atoms with Crippen molar-refractivity contribution < 1.29 is 9.90 Å². The largest absolute Gasteiger partial charge is 0.480 e. The van der Waals surface area contributed by atoms with E-state index in [2.05, 4.69) is 21.2 Å². The highest BCUT2D eigenvalue weighted by molar-refractivity contribution is 9.10. The fraction of sp³-hybridized carbons (Fsp3) is 0.222. The molecule has 0 atom stereocenters. The van der Waals surface area contributed by atoms with Crippen molar-refractivity contribution in [3.05, 3.63) is 28.2 Å². The normalized spacial score (nSPS) is 9.69. The molecule has 0 radical (unpaired) electrons. The minimum atomic E-state index is -0.863. The molecule has 0 aliphatic heterocycles. The van der Waals surface area contributed by atoms with Crippen LogP contribution in [0.1, 0.15) is 5.56 Å². The number of hydrogen-bond acceptors (Lipinski definition) is 2. The van der Waals surface area contributed by atoms with E-state index in [9.17, 15) is 4.79 Å². The Morgan fingerprint density at radius 2 is 2.23 bits per heavy atom. The van der Waals surface area contributed by atoms with Crippen LogP contribution in [-0.4, -0.2) is 17.6 Å². The summed E-state index contributed by atoms with van der Waals surface area (Å²) in [5.41, 5.74) is 1.90. The number of anilines is 1. The molecule has 0 saturated carbocycles. The van der Waals surface area contributed by atoms with Crippen molar-refractivity contribution in [2.24, 2.45) is 0 Å². The van der Waals surface area contributed by atoms with E-state index in [1.807, 2.05) is 25.1 Å². The molecule has 1 aromatic rings. The third-order valence-corrected chi connectivity index (χ3v) is 1.94. The smallest absolute Gasteiger partial charge is 0.322 e. The van der Waals surface area contributed by atoms with Gasteiger partial charge in [-0.25, -0.2) is 0 Å². The number of carboxylic acids is 1. The molecular weight excluding hydrogens is 234 g/mol. The van der Waals surface area contributed by atoms with Crippen molar-refractivity contribution in [2.75, 3.05) is 11.9 Å². The maximum atomic E-state index is 10.3. The number of hydrogen-bond donors (Lipinski definition) is 2. The summed E-state index contributed by atoms with van der Waals surface area (Å²) in [7, 11) is 0. The van der Waals surface area contributed by atoms with Crippen molar-refractivity contribution in [1.82, 2.24) is 0 Å². The summed E-state index contributed by atoms with van der Waals surface area (Å²) in [6.45, 7) is 1.90. The van der Waals surface area contributed by atoms with Gasteiger partial charge in [-0.3, -0.25) is 4.79 Å². The maximum absolute atomic E-state index is 10.3. The molecule has 0 spiro atoms. The number of rotatable bonds is 3. The van der Waals surface area contributed by atoms with Crippen LogP contribution in [-0.2, 0) is 4.79 Å². The molecule has 70 valence electrons. The quantitative estimate of drug-likeness (QED) is 0.857. The number of nitrogens with one attached hydrogen (secondary N) is 1. The van der Waals surface area contributed by atoms with Crippen LogP contribution in [0.15, 0.2) is 22.7 Å². The molecule has 0 heterocycles. The van der Waals surface area contributed by atoms with Crippen LogP contribution in [0.5, 0.6) is 0 Å². The molecule has 4 heteroatoms. The van der Waals surface area contributed by atoms with Gasteiger partial charge in [0.2, 0.25) is 0 Å². The van der Waals surface area contributed by atoms with E-state index >= 15 is 0 Å². The first-order valence-electron chi connectivity index (χ1n) is 3.81. The Morgan fingerprint density at radius 1 is 1.54 bits per heavy atom. The van der Waals surface area contributed by atoms with Gasteiger partial charge in [-0.1, -0.05) is 15.9 Å². The first kappa shape index (κ1) is 10.1. The van der Waals surface area contributed by atoms with Gasteiger partial charge < -0.3 is 10.4 Å². The van der Waals surface area contributed by atoms with Gasteiger partial charge >= 0.3 is 5.97 Å². The summed E-state index contributed by atoms with van der Waals surface area (Å²) >= 11 is 3.33. The second-order valence-corrected chi connectivity index (χ2v) is 3.68. The lowest BCUT2D eigenvalue weighted by Crippen LogP contribution is -2.12. The molecule has 0 bridgehead atoms. The minimum Gasteiger partial charge on any atom is -0.480 e. The molecule has 0 saturated heterocycles. The van der Waals surface area contributed by atoms with Gasteiger partial charge in [0.15, 0.2) is 0 Å². The summed E-state index contributed by atoms with van der Waals surface area (Å²) in [6.07, 6.45) is 0. The fourth-order valence-electron chi connectivity index (χ4n) is 1.02. The summed E-state index contributed by atoms with van der Waals surface area (Å²) in [5.74, 6) is -0.863. The van der Waals surface area contributed by atoms with E-state index in [1.54, 1.807) is 0 Å². The number of aryl methyl sites for hydroxylation is 1. The zero-order valence-electron chi connectivity index (χ0n) is 7.17. The summed E-state index contributed by atoms with van der Waals surface area (Å²) in [5, 5.41) is 11.2. The van der Waals surface area contributed by atoms with Crippen LogP contribution in [0.25, 0.3) is 0 Å². The van der Waals surface area contributed by atoms with Crippen molar-refractivity contribution in [3.8, 4) is 0 Å². The van der Waals surface area contributed by atoms with Crippen molar-refractivity contribution >= 4 is 27.6 Å².